The van der Waals surface area contributed by atoms with Gasteiger partial charge in [0.15, 0.2) is 0 Å². The molecule has 0 saturated carbocycles. The van der Waals surface area contributed by atoms with E-state index in [1.807, 2.05) is 0 Å². The first kappa shape index (κ1) is 17.4. The highest BCUT2D eigenvalue weighted by molar-refractivity contribution is 5.43. The highest BCUT2D eigenvalue weighted by atomic mass is 16.6. The minimum absolute atomic E-state index is 0.0345. The van der Waals surface area contributed by atoms with Crippen molar-refractivity contribution in [2.24, 2.45) is 0 Å². The van der Waals surface area contributed by atoms with Crippen LogP contribution in [0.5, 0.6) is 0 Å². The zero-order valence-corrected chi connectivity index (χ0v) is 14.8. The maximum Gasteiger partial charge on any atom is 0.287 e. The van der Waals surface area contributed by atoms with Gasteiger partial charge in [0.25, 0.3) is 5.69 Å². The van der Waals surface area contributed by atoms with E-state index in [0.717, 1.165) is 38.5 Å². The lowest BCUT2D eigenvalue weighted by atomic mass is 10.0. The Balaban J connectivity index is 1.53. The van der Waals surface area contributed by atoms with E-state index in [2.05, 4.69) is 52.9 Å². The minimum Gasteiger partial charge on any atom is -0.354 e. The molecule has 25 heavy (non-hydrogen) atoms. The number of nitro groups is 1. The molecule has 1 aromatic heterocycles. The second kappa shape index (κ2) is 7.61. The van der Waals surface area contributed by atoms with Gasteiger partial charge in [-0.25, -0.2) is 4.98 Å². The molecule has 0 unspecified atom stereocenters. The van der Waals surface area contributed by atoms with E-state index in [1.54, 1.807) is 6.07 Å². The molecular weight excluding hydrogens is 316 g/mol. The minimum atomic E-state index is -0.417. The topological polar surface area (TPSA) is 62.5 Å². The molecule has 0 amide bonds. The summed E-state index contributed by atoms with van der Waals surface area (Å²) >= 11 is 0. The van der Waals surface area contributed by atoms with Crippen molar-refractivity contribution < 1.29 is 4.92 Å². The van der Waals surface area contributed by atoms with Gasteiger partial charge in [-0.2, -0.15) is 0 Å². The Labute approximate surface area is 148 Å². The van der Waals surface area contributed by atoms with Crippen LogP contribution in [-0.2, 0) is 6.54 Å². The third-order valence-corrected chi connectivity index (χ3v) is 4.69. The predicted molar refractivity (Wildman–Crippen MR) is 98.9 cm³/mol. The summed E-state index contributed by atoms with van der Waals surface area (Å²) in [6, 6.07) is 12.1. The Hall–Kier alpha value is -2.47. The molecule has 1 saturated heterocycles. The maximum atomic E-state index is 10.7. The Bertz CT molecular complexity index is 705. The average molecular weight is 340 g/mol. The molecule has 2 heterocycles. The van der Waals surface area contributed by atoms with E-state index in [1.165, 1.54) is 23.4 Å². The second-order valence-electron chi connectivity index (χ2n) is 6.79. The number of hydrogen-bond acceptors (Lipinski definition) is 5. The fourth-order valence-corrected chi connectivity index (χ4v) is 3.07. The molecule has 6 heteroatoms. The van der Waals surface area contributed by atoms with Gasteiger partial charge < -0.3 is 4.90 Å². The Morgan fingerprint density at radius 2 is 1.76 bits per heavy atom. The summed E-state index contributed by atoms with van der Waals surface area (Å²) in [6.07, 6.45) is 1.33. The van der Waals surface area contributed by atoms with Crippen LogP contribution in [0.1, 0.15) is 30.9 Å². The summed E-state index contributed by atoms with van der Waals surface area (Å²) < 4.78 is 0. The molecule has 0 radical (unpaired) electrons. The molecule has 0 aliphatic carbocycles. The van der Waals surface area contributed by atoms with Crippen LogP contribution >= 0.6 is 0 Å². The van der Waals surface area contributed by atoms with Crippen molar-refractivity contribution in [1.29, 1.82) is 0 Å². The second-order valence-corrected chi connectivity index (χ2v) is 6.79. The molecule has 0 bridgehead atoms. The molecule has 132 valence electrons. The molecule has 1 aromatic carbocycles. The maximum absolute atomic E-state index is 10.7. The number of benzene rings is 1. The average Bonchev–Trinajstić information content (AvgIpc) is 2.63. The van der Waals surface area contributed by atoms with Crippen LogP contribution in [0.15, 0.2) is 42.6 Å². The molecule has 0 spiro atoms. The SMILES string of the molecule is CC(C)c1ccc(CN2CCN(c3ccc([N+](=O)[O-])cn3)CC2)cc1. The van der Waals surface area contributed by atoms with E-state index in [4.69, 9.17) is 0 Å². The standard InChI is InChI=1S/C19H24N4O2/c1-15(2)17-5-3-16(4-6-17)14-21-9-11-22(12-10-21)19-8-7-18(13-20-19)23(24)25/h3-8,13,15H,9-12,14H2,1-2H3. The van der Waals surface area contributed by atoms with Crippen LogP contribution in [0.2, 0.25) is 0 Å². The zero-order valence-electron chi connectivity index (χ0n) is 14.8. The monoisotopic (exact) mass is 340 g/mol. The van der Waals surface area contributed by atoms with Gasteiger partial charge in [-0.15, -0.1) is 0 Å². The normalized spacial score (nSPS) is 15.6. The van der Waals surface area contributed by atoms with Gasteiger partial charge in [0.05, 0.1) is 4.92 Å². The summed E-state index contributed by atoms with van der Waals surface area (Å²) in [5, 5.41) is 10.7. The van der Waals surface area contributed by atoms with Crippen LogP contribution in [-0.4, -0.2) is 41.0 Å². The van der Waals surface area contributed by atoms with E-state index in [0.29, 0.717) is 5.92 Å². The molecule has 3 rings (SSSR count). The lowest BCUT2D eigenvalue weighted by Crippen LogP contribution is -2.46. The van der Waals surface area contributed by atoms with Gasteiger partial charge in [0, 0.05) is 38.8 Å². The third-order valence-electron chi connectivity index (χ3n) is 4.69. The number of piperazine rings is 1. The Kier molecular flexibility index (Phi) is 5.28. The number of hydrogen-bond donors (Lipinski definition) is 0. The van der Waals surface area contributed by atoms with Crippen molar-refractivity contribution in [2.45, 2.75) is 26.3 Å². The fraction of sp³-hybridized carbons (Fsp3) is 0.421. The molecule has 6 nitrogen and oxygen atoms in total. The van der Waals surface area contributed by atoms with Gasteiger partial charge in [-0.1, -0.05) is 38.1 Å². The predicted octanol–water partition coefficient (Wildman–Crippen LogP) is 3.44. The van der Waals surface area contributed by atoms with Crippen molar-refractivity contribution in [3.63, 3.8) is 0 Å². The number of rotatable bonds is 5. The van der Waals surface area contributed by atoms with Crippen molar-refractivity contribution in [3.05, 3.63) is 63.8 Å². The van der Waals surface area contributed by atoms with Crippen molar-refractivity contribution >= 4 is 11.5 Å². The van der Waals surface area contributed by atoms with Gasteiger partial charge in [0.2, 0.25) is 0 Å². The summed E-state index contributed by atoms with van der Waals surface area (Å²) in [5.41, 5.74) is 2.75. The molecule has 1 aliphatic heterocycles. The van der Waals surface area contributed by atoms with E-state index < -0.39 is 4.92 Å². The first-order chi connectivity index (χ1) is 12.0. The molecule has 0 atom stereocenters. The van der Waals surface area contributed by atoms with Crippen LogP contribution in [0.4, 0.5) is 11.5 Å². The van der Waals surface area contributed by atoms with Gasteiger partial charge >= 0.3 is 0 Å². The summed E-state index contributed by atoms with van der Waals surface area (Å²) in [7, 11) is 0. The Morgan fingerprint density at radius 1 is 1.08 bits per heavy atom. The summed E-state index contributed by atoms with van der Waals surface area (Å²) in [6.45, 7) is 9.07. The first-order valence-corrected chi connectivity index (χ1v) is 8.69. The smallest absolute Gasteiger partial charge is 0.287 e. The quantitative estimate of drug-likeness (QED) is 0.616. The molecular formula is C19H24N4O2. The zero-order chi connectivity index (χ0) is 17.8. The van der Waals surface area contributed by atoms with E-state index >= 15 is 0 Å². The van der Waals surface area contributed by atoms with Crippen molar-refractivity contribution in [1.82, 2.24) is 9.88 Å². The fourth-order valence-electron chi connectivity index (χ4n) is 3.07. The van der Waals surface area contributed by atoms with Crippen molar-refractivity contribution in [3.8, 4) is 0 Å². The van der Waals surface area contributed by atoms with Crippen LogP contribution in [0, 0.1) is 10.1 Å². The summed E-state index contributed by atoms with van der Waals surface area (Å²) in [4.78, 5) is 19.1. The van der Waals surface area contributed by atoms with Gasteiger partial charge in [0.1, 0.15) is 12.0 Å². The number of nitrogens with zero attached hydrogens (tertiary/aromatic N) is 4. The molecule has 1 aliphatic rings. The number of anilines is 1. The highest BCUT2D eigenvalue weighted by Gasteiger charge is 2.19. The van der Waals surface area contributed by atoms with Crippen LogP contribution in [0.25, 0.3) is 0 Å². The number of pyridine rings is 1. The van der Waals surface area contributed by atoms with Gasteiger partial charge in [-0.3, -0.25) is 15.0 Å². The van der Waals surface area contributed by atoms with E-state index in [9.17, 15) is 10.1 Å². The van der Waals surface area contributed by atoms with E-state index in [-0.39, 0.29) is 5.69 Å². The van der Waals surface area contributed by atoms with Crippen LogP contribution in [0.3, 0.4) is 0 Å². The third kappa shape index (κ3) is 4.33. The van der Waals surface area contributed by atoms with Crippen LogP contribution < -0.4 is 4.90 Å². The lowest BCUT2D eigenvalue weighted by Gasteiger charge is -2.35. The molecule has 1 fully saturated rings. The largest absolute Gasteiger partial charge is 0.354 e. The molecule has 0 N–H and O–H groups in total. The highest BCUT2D eigenvalue weighted by Crippen LogP contribution is 2.19. The summed E-state index contributed by atoms with van der Waals surface area (Å²) in [5.74, 6) is 1.37. The Morgan fingerprint density at radius 3 is 2.28 bits per heavy atom. The molecule has 2 aromatic rings. The number of aromatic nitrogens is 1. The van der Waals surface area contributed by atoms with Crippen molar-refractivity contribution in [2.75, 3.05) is 31.1 Å². The first-order valence-electron chi connectivity index (χ1n) is 8.69. The van der Waals surface area contributed by atoms with Gasteiger partial charge in [-0.05, 0) is 23.1 Å². The lowest BCUT2D eigenvalue weighted by molar-refractivity contribution is -0.385.